The second-order valence-electron chi connectivity index (χ2n) is 7.35. The molecule has 0 aromatic heterocycles. The molecule has 1 unspecified atom stereocenters. The Hall–Kier alpha value is -2.84. The SMILES string of the molecule is CC(C)(C)OC(=O)N1CCCC1C(=O)NCCNc1ccc([N+](=O)[O-])cc1. The number of nitro benzene ring substituents is 1. The Balaban J connectivity index is 1.77. The van der Waals surface area contributed by atoms with E-state index in [1.807, 2.05) is 0 Å². The van der Waals surface area contributed by atoms with Gasteiger partial charge in [-0.3, -0.25) is 19.8 Å². The van der Waals surface area contributed by atoms with Crippen molar-refractivity contribution in [3.8, 4) is 0 Å². The molecule has 1 heterocycles. The molecule has 1 aliphatic rings. The minimum absolute atomic E-state index is 0.0253. The second kappa shape index (κ2) is 8.70. The maximum absolute atomic E-state index is 12.4. The molecule has 2 amide bonds. The zero-order valence-corrected chi connectivity index (χ0v) is 15.9. The lowest BCUT2D eigenvalue weighted by Gasteiger charge is -2.28. The van der Waals surface area contributed by atoms with Gasteiger partial charge in [0, 0.05) is 37.5 Å². The number of hydrogen-bond acceptors (Lipinski definition) is 6. The van der Waals surface area contributed by atoms with Crippen LogP contribution in [0.1, 0.15) is 33.6 Å². The van der Waals surface area contributed by atoms with Gasteiger partial charge in [-0.15, -0.1) is 0 Å². The standard InChI is InChI=1S/C18H26N4O5/c1-18(2,3)27-17(24)21-12-4-5-15(21)16(23)20-11-10-19-13-6-8-14(9-7-13)22(25)26/h6-9,15,19H,4-5,10-12H2,1-3H3,(H,20,23). The Morgan fingerprint density at radius 3 is 2.52 bits per heavy atom. The number of hydrogen-bond donors (Lipinski definition) is 2. The van der Waals surface area contributed by atoms with Gasteiger partial charge in [0.25, 0.3) is 5.69 Å². The molecule has 1 aliphatic heterocycles. The van der Waals surface area contributed by atoms with Crippen molar-refractivity contribution in [2.45, 2.75) is 45.3 Å². The molecular weight excluding hydrogens is 352 g/mol. The lowest BCUT2D eigenvalue weighted by molar-refractivity contribution is -0.384. The van der Waals surface area contributed by atoms with Crippen LogP contribution in [-0.2, 0) is 9.53 Å². The number of amides is 2. The minimum atomic E-state index is -0.602. The highest BCUT2D eigenvalue weighted by atomic mass is 16.6. The first-order chi connectivity index (χ1) is 12.7. The van der Waals surface area contributed by atoms with Crippen molar-refractivity contribution >= 4 is 23.4 Å². The molecule has 148 valence electrons. The van der Waals surface area contributed by atoms with E-state index < -0.39 is 22.7 Å². The van der Waals surface area contributed by atoms with E-state index in [0.717, 1.165) is 12.1 Å². The first-order valence-electron chi connectivity index (χ1n) is 8.93. The monoisotopic (exact) mass is 378 g/mol. The molecule has 9 heteroatoms. The number of benzene rings is 1. The maximum atomic E-state index is 12.4. The normalized spacial score (nSPS) is 16.7. The molecule has 1 atom stereocenters. The quantitative estimate of drug-likeness (QED) is 0.447. The van der Waals surface area contributed by atoms with Crippen LogP contribution in [0.3, 0.4) is 0 Å². The van der Waals surface area contributed by atoms with E-state index in [2.05, 4.69) is 10.6 Å². The van der Waals surface area contributed by atoms with Crippen LogP contribution in [0.25, 0.3) is 0 Å². The molecule has 0 saturated carbocycles. The van der Waals surface area contributed by atoms with Crippen LogP contribution in [0.2, 0.25) is 0 Å². The molecule has 0 spiro atoms. The van der Waals surface area contributed by atoms with Gasteiger partial charge in [-0.1, -0.05) is 0 Å². The summed E-state index contributed by atoms with van der Waals surface area (Å²) in [7, 11) is 0. The van der Waals surface area contributed by atoms with Crippen molar-refractivity contribution in [3.05, 3.63) is 34.4 Å². The third-order valence-corrected chi connectivity index (χ3v) is 4.01. The molecule has 1 saturated heterocycles. The van der Waals surface area contributed by atoms with Gasteiger partial charge in [0.2, 0.25) is 5.91 Å². The summed E-state index contributed by atoms with van der Waals surface area (Å²) in [4.78, 5) is 36.3. The zero-order valence-electron chi connectivity index (χ0n) is 15.9. The molecule has 0 bridgehead atoms. The fourth-order valence-electron chi connectivity index (χ4n) is 2.79. The fraction of sp³-hybridized carbons (Fsp3) is 0.556. The highest BCUT2D eigenvalue weighted by Gasteiger charge is 2.36. The van der Waals surface area contributed by atoms with Crippen molar-refractivity contribution in [2.75, 3.05) is 25.0 Å². The number of anilines is 1. The summed E-state index contributed by atoms with van der Waals surface area (Å²) in [5, 5.41) is 16.5. The molecule has 0 aliphatic carbocycles. The van der Waals surface area contributed by atoms with Crippen LogP contribution in [0.15, 0.2) is 24.3 Å². The van der Waals surface area contributed by atoms with Gasteiger partial charge >= 0.3 is 6.09 Å². The van der Waals surface area contributed by atoms with Gasteiger partial charge in [0.15, 0.2) is 0 Å². The topological polar surface area (TPSA) is 114 Å². The largest absolute Gasteiger partial charge is 0.444 e. The number of ether oxygens (including phenoxy) is 1. The molecule has 0 radical (unpaired) electrons. The number of non-ortho nitro benzene ring substituents is 1. The van der Waals surface area contributed by atoms with E-state index in [0.29, 0.717) is 26.1 Å². The number of rotatable bonds is 6. The van der Waals surface area contributed by atoms with Crippen molar-refractivity contribution in [2.24, 2.45) is 0 Å². The summed E-state index contributed by atoms with van der Waals surface area (Å²) in [6, 6.07) is 5.54. The molecule has 2 N–H and O–H groups in total. The third kappa shape index (κ3) is 6.12. The molecule has 2 rings (SSSR count). The molecule has 27 heavy (non-hydrogen) atoms. The predicted octanol–water partition coefficient (Wildman–Crippen LogP) is 2.52. The molecule has 1 aromatic rings. The fourth-order valence-corrected chi connectivity index (χ4v) is 2.79. The van der Waals surface area contributed by atoms with Crippen LogP contribution < -0.4 is 10.6 Å². The van der Waals surface area contributed by atoms with Gasteiger partial charge in [0.05, 0.1) is 4.92 Å². The van der Waals surface area contributed by atoms with Crippen LogP contribution in [-0.4, -0.2) is 53.1 Å². The van der Waals surface area contributed by atoms with Gasteiger partial charge in [0.1, 0.15) is 11.6 Å². The summed E-state index contributed by atoms with van der Waals surface area (Å²) < 4.78 is 5.36. The number of nitrogens with zero attached hydrogens (tertiary/aromatic N) is 2. The smallest absolute Gasteiger partial charge is 0.410 e. The summed E-state index contributed by atoms with van der Waals surface area (Å²) in [6.45, 7) is 6.71. The third-order valence-electron chi connectivity index (χ3n) is 4.01. The Kier molecular flexibility index (Phi) is 6.59. The maximum Gasteiger partial charge on any atom is 0.410 e. The molecule has 1 fully saturated rings. The Morgan fingerprint density at radius 2 is 1.93 bits per heavy atom. The molecule has 1 aromatic carbocycles. The predicted molar refractivity (Wildman–Crippen MR) is 101 cm³/mol. The van der Waals surface area contributed by atoms with Crippen molar-refractivity contribution < 1.29 is 19.2 Å². The number of likely N-dealkylation sites (tertiary alicyclic amines) is 1. The average Bonchev–Trinajstić information content (AvgIpc) is 3.07. The minimum Gasteiger partial charge on any atom is -0.444 e. The van der Waals surface area contributed by atoms with E-state index in [1.165, 1.54) is 17.0 Å². The van der Waals surface area contributed by atoms with E-state index in [9.17, 15) is 19.7 Å². The van der Waals surface area contributed by atoms with E-state index in [-0.39, 0.29) is 11.6 Å². The first-order valence-corrected chi connectivity index (χ1v) is 8.93. The molecular formula is C18H26N4O5. The Labute approximate surface area is 158 Å². The lowest BCUT2D eigenvalue weighted by Crippen LogP contribution is -2.48. The van der Waals surface area contributed by atoms with Crippen molar-refractivity contribution in [3.63, 3.8) is 0 Å². The van der Waals surface area contributed by atoms with Crippen LogP contribution >= 0.6 is 0 Å². The average molecular weight is 378 g/mol. The van der Waals surface area contributed by atoms with Crippen LogP contribution in [0.5, 0.6) is 0 Å². The summed E-state index contributed by atoms with van der Waals surface area (Å²) in [5.41, 5.74) is 0.151. The van der Waals surface area contributed by atoms with Crippen LogP contribution in [0, 0.1) is 10.1 Å². The van der Waals surface area contributed by atoms with Crippen LogP contribution in [0.4, 0.5) is 16.2 Å². The van der Waals surface area contributed by atoms with Gasteiger partial charge in [-0.25, -0.2) is 4.79 Å². The molecule has 9 nitrogen and oxygen atoms in total. The number of nitro groups is 1. The highest BCUT2D eigenvalue weighted by molar-refractivity contribution is 5.86. The summed E-state index contributed by atoms with van der Waals surface area (Å²) in [6.07, 6.45) is 0.906. The Morgan fingerprint density at radius 1 is 1.26 bits per heavy atom. The van der Waals surface area contributed by atoms with Crippen molar-refractivity contribution in [1.29, 1.82) is 0 Å². The highest BCUT2D eigenvalue weighted by Crippen LogP contribution is 2.21. The number of nitrogens with one attached hydrogen (secondary N) is 2. The van der Waals surface area contributed by atoms with Gasteiger partial charge < -0.3 is 15.4 Å². The van der Waals surface area contributed by atoms with Crippen molar-refractivity contribution in [1.82, 2.24) is 10.2 Å². The van der Waals surface area contributed by atoms with Gasteiger partial charge in [-0.2, -0.15) is 0 Å². The van der Waals surface area contributed by atoms with E-state index in [4.69, 9.17) is 4.74 Å². The number of carbonyl (C=O) groups is 2. The zero-order chi connectivity index (χ0) is 20.0. The number of carbonyl (C=O) groups excluding carboxylic acids is 2. The van der Waals surface area contributed by atoms with E-state index in [1.54, 1.807) is 32.9 Å². The van der Waals surface area contributed by atoms with E-state index >= 15 is 0 Å². The van der Waals surface area contributed by atoms with Gasteiger partial charge in [-0.05, 0) is 45.7 Å². The second-order valence-corrected chi connectivity index (χ2v) is 7.35. The summed E-state index contributed by atoms with van der Waals surface area (Å²) in [5.74, 6) is -0.205. The lowest BCUT2D eigenvalue weighted by atomic mass is 10.2. The summed E-state index contributed by atoms with van der Waals surface area (Å²) >= 11 is 0. The first kappa shape index (κ1) is 20.5. The Bertz CT molecular complexity index is 684.